The number of hydrogen-bond donors (Lipinski definition) is 1. The molecule has 0 amide bonds. The van der Waals surface area contributed by atoms with Crippen LogP contribution in [0.4, 0.5) is 5.82 Å². The summed E-state index contributed by atoms with van der Waals surface area (Å²) in [5.74, 6) is 1.26. The quantitative estimate of drug-likeness (QED) is 0.453. The Labute approximate surface area is 173 Å². The van der Waals surface area contributed by atoms with Gasteiger partial charge in [0.1, 0.15) is 5.52 Å². The van der Waals surface area contributed by atoms with Gasteiger partial charge in [-0.3, -0.25) is 14.3 Å². The maximum absolute atomic E-state index is 13.1. The summed E-state index contributed by atoms with van der Waals surface area (Å²) in [6, 6.07) is 3.93. The van der Waals surface area contributed by atoms with Crippen LogP contribution in [0, 0.1) is 6.92 Å². The first-order valence-corrected chi connectivity index (χ1v) is 10.6. The van der Waals surface area contributed by atoms with Crippen molar-refractivity contribution in [3.63, 3.8) is 0 Å². The minimum absolute atomic E-state index is 0.0487. The summed E-state index contributed by atoms with van der Waals surface area (Å²) in [5, 5.41) is 3.24. The predicted molar refractivity (Wildman–Crippen MR) is 114 cm³/mol. The number of nitrogens with zero attached hydrogens (tertiary/aromatic N) is 5. The zero-order valence-electron chi connectivity index (χ0n) is 16.4. The summed E-state index contributed by atoms with van der Waals surface area (Å²) in [5.41, 5.74) is 2.26. The highest BCUT2D eigenvalue weighted by Gasteiger charge is 2.18. The van der Waals surface area contributed by atoms with E-state index in [2.05, 4.69) is 32.2 Å². The molecule has 1 atom stereocenters. The lowest BCUT2D eigenvalue weighted by atomic mass is 10.2. The van der Waals surface area contributed by atoms with E-state index >= 15 is 0 Å². The Balaban J connectivity index is 1.99. The Morgan fingerprint density at radius 2 is 2.04 bits per heavy atom. The molecule has 7 nitrogen and oxygen atoms in total. The molecule has 0 aliphatic heterocycles. The number of thioether (sulfide) groups is 1. The number of aromatic nitrogens is 5. The Morgan fingerprint density at radius 3 is 2.68 bits per heavy atom. The van der Waals surface area contributed by atoms with E-state index in [1.165, 1.54) is 0 Å². The number of hydrogen-bond acceptors (Lipinski definition) is 7. The number of nitrogens with one attached hydrogen (secondary N) is 1. The molecule has 1 unspecified atom stereocenters. The first kappa shape index (κ1) is 20.5. The smallest absolute Gasteiger partial charge is 0.295 e. The summed E-state index contributed by atoms with van der Waals surface area (Å²) in [7, 11) is 0. The van der Waals surface area contributed by atoms with Gasteiger partial charge in [-0.05, 0) is 49.8 Å². The van der Waals surface area contributed by atoms with Crippen LogP contribution in [0.5, 0.6) is 0 Å². The van der Waals surface area contributed by atoms with Crippen LogP contribution >= 0.6 is 23.4 Å². The van der Waals surface area contributed by atoms with Crippen LogP contribution < -0.4 is 10.9 Å². The lowest BCUT2D eigenvalue weighted by molar-refractivity contribution is 0.526. The Kier molecular flexibility index (Phi) is 6.51. The second-order valence-electron chi connectivity index (χ2n) is 6.41. The highest BCUT2D eigenvalue weighted by Crippen LogP contribution is 2.21. The summed E-state index contributed by atoms with van der Waals surface area (Å²) in [4.78, 5) is 31.6. The van der Waals surface area contributed by atoms with Crippen molar-refractivity contribution in [2.45, 2.75) is 51.6 Å². The average Bonchev–Trinajstić information content (AvgIpc) is 2.67. The standard InChI is InChI=1S/C19H23ClN6OS/c1-5-11(3)26-17-15(12(4)23-19(20)25-17)24-16(18(26)27)22-9-13-7-8-14(10-21-13)28-6-2/h7-8,10-11H,5-6,9H2,1-4H3,(H,22,24). The van der Waals surface area contributed by atoms with Gasteiger partial charge >= 0.3 is 0 Å². The third-order valence-corrected chi connectivity index (χ3v) is 5.50. The second-order valence-corrected chi connectivity index (χ2v) is 8.09. The van der Waals surface area contributed by atoms with Gasteiger partial charge in [0.2, 0.25) is 5.28 Å². The lowest BCUT2D eigenvalue weighted by Crippen LogP contribution is -2.28. The van der Waals surface area contributed by atoms with Gasteiger partial charge in [-0.15, -0.1) is 11.8 Å². The van der Waals surface area contributed by atoms with Gasteiger partial charge < -0.3 is 5.32 Å². The minimum atomic E-state index is -0.228. The Hall–Kier alpha value is -2.19. The highest BCUT2D eigenvalue weighted by molar-refractivity contribution is 7.99. The number of aryl methyl sites for hydroxylation is 1. The predicted octanol–water partition coefficient (Wildman–Crippen LogP) is 4.24. The van der Waals surface area contributed by atoms with Crippen LogP contribution in [0.2, 0.25) is 5.28 Å². The fourth-order valence-electron chi connectivity index (χ4n) is 2.84. The third-order valence-electron chi connectivity index (χ3n) is 4.46. The van der Waals surface area contributed by atoms with E-state index in [4.69, 9.17) is 11.6 Å². The van der Waals surface area contributed by atoms with Crippen LogP contribution in [-0.4, -0.2) is 30.3 Å². The molecule has 0 bridgehead atoms. The molecule has 0 radical (unpaired) electrons. The summed E-state index contributed by atoms with van der Waals surface area (Å²) < 4.78 is 1.64. The highest BCUT2D eigenvalue weighted by atomic mass is 35.5. The molecular formula is C19H23ClN6OS. The van der Waals surface area contributed by atoms with E-state index in [0.717, 1.165) is 22.8 Å². The average molecular weight is 419 g/mol. The van der Waals surface area contributed by atoms with Crippen LogP contribution in [-0.2, 0) is 6.54 Å². The van der Waals surface area contributed by atoms with Crippen LogP contribution in [0.3, 0.4) is 0 Å². The summed E-state index contributed by atoms with van der Waals surface area (Å²) >= 11 is 7.76. The normalized spacial score (nSPS) is 12.3. The molecule has 3 aromatic rings. The zero-order valence-corrected chi connectivity index (χ0v) is 17.9. The molecule has 0 spiro atoms. The molecule has 3 heterocycles. The number of rotatable bonds is 7. The zero-order chi connectivity index (χ0) is 20.3. The molecule has 0 saturated carbocycles. The van der Waals surface area contributed by atoms with E-state index in [9.17, 15) is 4.79 Å². The van der Waals surface area contributed by atoms with Crippen LogP contribution in [0.15, 0.2) is 28.0 Å². The molecule has 0 aliphatic rings. The van der Waals surface area contributed by atoms with Crippen molar-refractivity contribution in [1.82, 2.24) is 24.5 Å². The van der Waals surface area contributed by atoms with Gasteiger partial charge in [-0.25, -0.2) is 9.97 Å². The molecule has 0 fully saturated rings. The number of pyridine rings is 1. The van der Waals surface area contributed by atoms with Gasteiger partial charge in [-0.2, -0.15) is 4.98 Å². The first-order valence-electron chi connectivity index (χ1n) is 9.22. The van der Waals surface area contributed by atoms with Crippen molar-refractivity contribution in [3.8, 4) is 0 Å². The van der Waals surface area contributed by atoms with E-state index in [0.29, 0.717) is 23.4 Å². The molecule has 28 heavy (non-hydrogen) atoms. The van der Waals surface area contributed by atoms with Gasteiger partial charge in [0, 0.05) is 17.1 Å². The summed E-state index contributed by atoms with van der Waals surface area (Å²) in [6.45, 7) is 8.31. The van der Waals surface area contributed by atoms with Crippen LogP contribution in [0.1, 0.15) is 44.6 Å². The number of fused-ring (bicyclic) bond motifs is 1. The maximum atomic E-state index is 13.1. The second kappa shape index (κ2) is 8.87. The van der Waals surface area contributed by atoms with Crippen molar-refractivity contribution >= 4 is 40.3 Å². The fourth-order valence-corrected chi connectivity index (χ4v) is 3.67. The molecule has 3 rings (SSSR count). The fraction of sp³-hybridized carbons (Fsp3) is 0.421. The Morgan fingerprint density at radius 1 is 1.25 bits per heavy atom. The number of anilines is 1. The monoisotopic (exact) mass is 418 g/mol. The van der Waals surface area contributed by atoms with Gasteiger partial charge in [-0.1, -0.05) is 13.8 Å². The van der Waals surface area contributed by atoms with Gasteiger partial charge in [0.05, 0.1) is 17.9 Å². The largest absolute Gasteiger partial charge is 0.360 e. The topological polar surface area (TPSA) is 85.6 Å². The third kappa shape index (κ3) is 4.28. The SMILES string of the molecule is CCSc1ccc(CNc2nc3c(C)nc(Cl)nc3n(C(C)CC)c2=O)nc1. The van der Waals surface area contributed by atoms with E-state index < -0.39 is 0 Å². The molecule has 1 N–H and O–H groups in total. The van der Waals surface area contributed by atoms with Crippen molar-refractivity contribution in [2.24, 2.45) is 0 Å². The van der Waals surface area contributed by atoms with Crippen molar-refractivity contribution in [1.29, 1.82) is 0 Å². The minimum Gasteiger partial charge on any atom is -0.360 e. The van der Waals surface area contributed by atoms with Gasteiger partial charge in [0.15, 0.2) is 11.5 Å². The molecule has 0 saturated heterocycles. The Bertz CT molecular complexity index is 1040. The van der Waals surface area contributed by atoms with E-state index in [1.54, 1.807) is 16.3 Å². The first-order chi connectivity index (χ1) is 13.4. The van der Waals surface area contributed by atoms with E-state index in [1.807, 2.05) is 39.1 Å². The number of halogens is 1. The molecule has 0 aliphatic carbocycles. The van der Waals surface area contributed by atoms with Crippen molar-refractivity contribution in [2.75, 3.05) is 11.1 Å². The molecule has 148 valence electrons. The molecular weight excluding hydrogens is 396 g/mol. The molecule has 0 aromatic carbocycles. The van der Waals surface area contributed by atoms with Crippen LogP contribution in [0.25, 0.3) is 11.2 Å². The van der Waals surface area contributed by atoms with Crippen molar-refractivity contribution in [3.05, 3.63) is 45.4 Å². The van der Waals surface area contributed by atoms with Gasteiger partial charge in [0.25, 0.3) is 5.56 Å². The van der Waals surface area contributed by atoms with E-state index in [-0.39, 0.29) is 22.7 Å². The molecule has 9 heteroatoms. The maximum Gasteiger partial charge on any atom is 0.295 e. The van der Waals surface area contributed by atoms with Crippen molar-refractivity contribution < 1.29 is 0 Å². The summed E-state index contributed by atoms with van der Waals surface area (Å²) in [6.07, 6.45) is 2.62. The molecule has 3 aromatic heterocycles. The lowest BCUT2D eigenvalue weighted by Gasteiger charge is -2.17.